The molecule has 8 heteroatoms. The number of halogens is 3. The number of nitrogens with one attached hydrogen (secondary N) is 1. The number of likely N-dealkylation sites (N-methyl/N-ethyl adjacent to an activating group) is 1. The molecule has 0 aliphatic heterocycles. The predicted octanol–water partition coefficient (Wildman–Crippen LogP) is 4.32. The standard InChI is InChI=1S/C17H15Cl2FN2O2S/c1-22(17(24)10-25-15-5-3-2-4-14(15)20)9-16(23)21-11-6-7-12(18)13(19)8-11/h2-8H,9-10H2,1H3,(H,21,23). The van der Waals surface area contributed by atoms with Gasteiger partial charge in [0.2, 0.25) is 11.8 Å². The number of benzene rings is 2. The summed E-state index contributed by atoms with van der Waals surface area (Å²) < 4.78 is 13.5. The van der Waals surface area contributed by atoms with Gasteiger partial charge in [-0.25, -0.2) is 4.39 Å². The summed E-state index contributed by atoms with van der Waals surface area (Å²) >= 11 is 12.8. The largest absolute Gasteiger partial charge is 0.336 e. The van der Waals surface area contributed by atoms with Crippen LogP contribution in [0.25, 0.3) is 0 Å². The fraction of sp³-hybridized carbons (Fsp3) is 0.176. The maximum absolute atomic E-state index is 13.5. The van der Waals surface area contributed by atoms with Crippen molar-refractivity contribution < 1.29 is 14.0 Å². The molecule has 0 unspecified atom stereocenters. The third-order valence-electron chi connectivity index (χ3n) is 3.20. The molecule has 0 fully saturated rings. The van der Waals surface area contributed by atoms with Crippen LogP contribution in [-0.2, 0) is 9.59 Å². The first-order valence-electron chi connectivity index (χ1n) is 7.23. The van der Waals surface area contributed by atoms with Crippen LogP contribution < -0.4 is 5.32 Å². The zero-order chi connectivity index (χ0) is 18.4. The number of rotatable bonds is 6. The molecular formula is C17H15Cl2FN2O2S. The molecule has 1 N–H and O–H groups in total. The highest BCUT2D eigenvalue weighted by atomic mass is 35.5. The van der Waals surface area contributed by atoms with E-state index in [1.807, 2.05) is 0 Å². The third kappa shape index (κ3) is 5.92. The molecule has 25 heavy (non-hydrogen) atoms. The van der Waals surface area contributed by atoms with Crippen molar-refractivity contribution in [3.63, 3.8) is 0 Å². The molecule has 2 aromatic rings. The molecule has 0 saturated heterocycles. The predicted molar refractivity (Wildman–Crippen MR) is 99.9 cm³/mol. The molecule has 0 spiro atoms. The molecule has 0 heterocycles. The number of nitrogens with zero attached hydrogens (tertiary/aromatic N) is 1. The molecule has 0 aliphatic rings. The van der Waals surface area contributed by atoms with E-state index in [1.54, 1.807) is 30.3 Å². The molecule has 4 nitrogen and oxygen atoms in total. The molecule has 0 saturated carbocycles. The van der Waals surface area contributed by atoms with Crippen molar-refractivity contribution in [1.29, 1.82) is 0 Å². The molecule has 0 radical (unpaired) electrons. The van der Waals surface area contributed by atoms with E-state index in [-0.39, 0.29) is 29.9 Å². The lowest BCUT2D eigenvalue weighted by atomic mass is 10.3. The van der Waals surface area contributed by atoms with Crippen molar-refractivity contribution in [2.75, 3.05) is 24.7 Å². The van der Waals surface area contributed by atoms with Crippen LogP contribution in [0, 0.1) is 5.82 Å². The molecule has 132 valence electrons. The van der Waals surface area contributed by atoms with Gasteiger partial charge >= 0.3 is 0 Å². The number of carbonyl (C=O) groups is 2. The van der Waals surface area contributed by atoms with E-state index < -0.39 is 0 Å². The second kappa shape index (κ2) is 9.08. The van der Waals surface area contributed by atoms with Crippen LogP contribution in [0.3, 0.4) is 0 Å². The van der Waals surface area contributed by atoms with Gasteiger partial charge in [0, 0.05) is 17.6 Å². The van der Waals surface area contributed by atoms with Crippen molar-refractivity contribution in [1.82, 2.24) is 4.90 Å². The van der Waals surface area contributed by atoms with Crippen LogP contribution in [0.15, 0.2) is 47.4 Å². The topological polar surface area (TPSA) is 49.4 Å². The Hall–Kier alpha value is -1.76. The fourth-order valence-electron chi connectivity index (χ4n) is 1.89. The number of carbonyl (C=O) groups excluding carboxylic acids is 2. The highest BCUT2D eigenvalue weighted by Crippen LogP contribution is 2.25. The maximum atomic E-state index is 13.5. The minimum Gasteiger partial charge on any atom is -0.336 e. The zero-order valence-corrected chi connectivity index (χ0v) is 15.6. The lowest BCUT2D eigenvalue weighted by Gasteiger charge is -2.17. The Balaban J connectivity index is 1.84. The van der Waals surface area contributed by atoms with Crippen molar-refractivity contribution in [2.24, 2.45) is 0 Å². The zero-order valence-electron chi connectivity index (χ0n) is 13.3. The first-order chi connectivity index (χ1) is 11.9. The van der Waals surface area contributed by atoms with Gasteiger partial charge in [0.05, 0.1) is 22.3 Å². The van der Waals surface area contributed by atoms with Crippen molar-refractivity contribution in [3.05, 3.63) is 58.3 Å². The highest BCUT2D eigenvalue weighted by Gasteiger charge is 2.14. The van der Waals surface area contributed by atoms with Gasteiger partial charge in [0.1, 0.15) is 5.82 Å². The number of hydrogen-bond acceptors (Lipinski definition) is 3. The number of anilines is 1. The van der Waals surface area contributed by atoms with Gasteiger partial charge in [0.25, 0.3) is 0 Å². The van der Waals surface area contributed by atoms with E-state index in [4.69, 9.17) is 23.2 Å². The molecule has 0 aliphatic carbocycles. The highest BCUT2D eigenvalue weighted by molar-refractivity contribution is 8.00. The summed E-state index contributed by atoms with van der Waals surface area (Å²) in [6, 6.07) is 10.9. The van der Waals surface area contributed by atoms with Gasteiger partial charge in [-0.3, -0.25) is 9.59 Å². The first-order valence-corrected chi connectivity index (χ1v) is 8.97. The van der Waals surface area contributed by atoms with E-state index >= 15 is 0 Å². The molecule has 2 aromatic carbocycles. The molecule has 0 aromatic heterocycles. The Morgan fingerprint density at radius 3 is 2.56 bits per heavy atom. The SMILES string of the molecule is CN(CC(=O)Nc1ccc(Cl)c(Cl)c1)C(=O)CSc1ccccc1F. The van der Waals surface area contributed by atoms with Gasteiger partial charge in [-0.15, -0.1) is 11.8 Å². The van der Waals surface area contributed by atoms with Crippen molar-refractivity contribution >= 4 is 52.5 Å². The second-order valence-corrected chi connectivity index (χ2v) is 6.98. The third-order valence-corrected chi connectivity index (χ3v) is 4.97. The molecule has 0 atom stereocenters. The number of hydrogen-bond donors (Lipinski definition) is 1. The van der Waals surface area contributed by atoms with Crippen molar-refractivity contribution in [3.8, 4) is 0 Å². The van der Waals surface area contributed by atoms with Gasteiger partial charge in [-0.1, -0.05) is 35.3 Å². The van der Waals surface area contributed by atoms with E-state index in [0.717, 1.165) is 11.8 Å². The Labute approximate surface area is 159 Å². The van der Waals surface area contributed by atoms with Crippen LogP contribution in [-0.4, -0.2) is 36.1 Å². The quantitative estimate of drug-likeness (QED) is 0.734. The fourth-order valence-corrected chi connectivity index (χ4v) is 3.07. The Bertz CT molecular complexity index is 789. The summed E-state index contributed by atoms with van der Waals surface area (Å²) in [5, 5.41) is 3.35. The van der Waals surface area contributed by atoms with Crippen LogP contribution in [0.1, 0.15) is 0 Å². The summed E-state index contributed by atoms with van der Waals surface area (Å²) in [5.41, 5.74) is 0.487. The van der Waals surface area contributed by atoms with Crippen LogP contribution in [0.2, 0.25) is 10.0 Å². The van der Waals surface area contributed by atoms with Gasteiger partial charge in [-0.05, 0) is 30.3 Å². The Morgan fingerprint density at radius 1 is 1.16 bits per heavy atom. The minimum atomic E-state index is -0.375. The van der Waals surface area contributed by atoms with E-state index in [2.05, 4.69) is 5.32 Å². The summed E-state index contributed by atoms with van der Waals surface area (Å²) in [6.07, 6.45) is 0. The Morgan fingerprint density at radius 2 is 1.88 bits per heavy atom. The average Bonchev–Trinajstić information content (AvgIpc) is 2.57. The average molecular weight is 401 g/mol. The minimum absolute atomic E-state index is 0.0392. The lowest BCUT2D eigenvalue weighted by molar-refractivity contribution is -0.131. The van der Waals surface area contributed by atoms with Crippen molar-refractivity contribution in [2.45, 2.75) is 4.90 Å². The smallest absolute Gasteiger partial charge is 0.243 e. The normalized spacial score (nSPS) is 10.4. The summed E-state index contributed by atoms with van der Waals surface area (Å²) in [6.45, 7) is -0.128. The van der Waals surface area contributed by atoms with Crippen LogP contribution in [0.5, 0.6) is 0 Å². The number of amides is 2. The molecule has 0 bridgehead atoms. The number of thioether (sulfide) groups is 1. The molecular weight excluding hydrogens is 386 g/mol. The monoisotopic (exact) mass is 400 g/mol. The van der Waals surface area contributed by atoms with Crippen LogP contribution in [0.4, 0.5) is 10.1 Å². The van der Waals surface area contributed by atoms with Gasteiger partial charge in [0.15, 0.2) is 0 Å². The van der Waals surface area contributed by atoms with Crippen LogP contribution >= 0.6 is 35.0 Å². The molecule has 2 amide bonds. The second-order valence-electron chi connectivity index (χ2n) is 5.15. The van der Waals surface area contributed by atoms with Gasteiger partial charge < -0.3 is 10.2 Å². The van der Waals surface area contributed by atoms with E-state index in [1.165, 1.54) is 24.1 Å². The first kappa shape index (κ1) is 19.6. The summed E-state index contributed by atoms with van der Waals surface area (Å²) in [5.74, 6) is -0.986. The lowest BCUT2D eigenvalue weighted by Crippen LogP contribution is -2.35. The summed E-state index contributed by atoms with van der Waals surface area (Å²) in [4.78, 5) is 25.8. The summed E-state index contributed by atoms with van der Waals surface area (Å²) in [7, 11) is 1.51. The molecule has 2 rings (SSSR count). The van der Waals surface area contributed by atoms with E-state index in [9.17, 15) is 14.0 Å². The van der Waals surface area contributed by atoms with Gasteiger partial charge in [-0.2, -0.15) is 0 Å². The maximum Gasteiger partial charge on any atom is 0.243 e. The van der Waals surface area contributed by atoms with E-state index in [0.29, 0.717) is 20.6 Å². The Kier molecular flexibility index (Phi) is 7.11.